The number of hydrogen-bond donors (Lipinski definition) is 3. The second-order valence-electron chi connectivity index (χ2n) is 8.50. The number of nitrogens with zero attached hydrogens (tertiary/aromatic N) is 1. The van der Waals surface area contributed by atoms with E-state index in [1.165, 1.54) is 0 Å². The summed E-state index contributed by atoms with van der Waals surface area (Å²) < 4.78 is 27.8. The lowest BCUT2D eigenvalue weighted by molar-refractivity contribution is -0.125. The largest absolute Gasteiger partial charge is 0.334 e. The van der Waals surface area contributed by atoms with E-state index in [0.717, 1.165) is 30.5 Å². The van der Waals surface area contributed by atoms with Crippen molar-refractivity contribution >= 4 is 22.0 Å². The van der Waals surface area contributed by atoms with Crippen molar-refractivity contribution in [2.24, 2.45) is 5.92 Å². The van der Waals surface area contributed by atoms with E-state index in [2.05, 4.69) is 15.4 Å². The molecule has 0 spiro atoms. The van der Waals surface area contributed by atoms with Crippen LogP contribution in [-0.4, -0.2) is 50.9 Å². The second kappa shape index (κ2) is 11.4. The molecule has 1 saturated heterocycles. The third-order valence-corrected chi connectivity index (χ3v) is 7.34. The van der Waals surface area contributed by atoms with Gasteiger partial charge in [0.15, 0.2) is 0 Å². The lowest BCUT2D eigenvalue weighted by atomic mass is 9.97. The highest BCUT2D eigenvalue weighted by Gasteiger charge is 2.29. The van der Waals surface area contributed by atoms with Gasteiger partial charge in [-0.2, -0.15) is 0 Å². The fourth-order valence-electron chi connectivity index (χ4n) is 3.85. The van der Waals surface area contributed by atoms with Crippen LogP contribution in [0.2, 0.25) is 0 Å². The zero-order chi connectivity index (χ0) is 23.8. The molecule has 2 aromatic carbocycles. The maximum atomic E-state index is 12.6. The Balaban J connectivity index is 1.47. The molecule has 1 fully saturated rings. The van der Waals surface area contributed by atoms with Crippen LogP contribution in [0.5, 0.6) is 0 Å². The van der Waals surface area contributed by atoms with Gasteiger partial charge >= 0.3 is 6.03 Å². The van der Waals surface area contributed by atoms with Crippen LogP contribution in [0, 0.1) is 12.8 Å². The Bertz CT molecular complexity index is 1040. The van der Waals surface area contributed by atoms with Gasteiger partial charge in [0.25, 0.3) is 0 Å². The highest BCUT2D eigenvalue weighted by Crippen LogP contribution is 2.19. The maximum absolute atomic E-state index is 12.6. The van der Waals surface area contributed by atoms with Crippen molar-refractivity contribution in [1.29, 1.82) is 0 Å². The number of rotatable bonds is 8. The second-order valence-corrected chi connectivity index (χ2v) is 10.3. The Morgan fingerprint density at radius 1 is 1.09 bits per heavy atom. The number of carbonyl (C=O) groups is 2. The number of hydrogen-bond acceptors (Lipinski definition) is 5. The molecule has 1 aliphatic heterocycles. The number of nitrogens with one attached hydrogen (secondary N) is 3. The van der Waals surface area contributed by atoms with E-state index in [-0.39, 0.29) is 16.7 Å². The molecule has 0 aliphatic carbocycles. The minimum atomic E-state index is -3.58. The molecule has 2 aromatic rings. The summed E-state index contributed by atoms with van der Waals surface area (Å²) in [5.74, 6) is -0.289. The summed E-state index contributed by atoms with van der Waals surface area (Å²) in [6, 6.07) is 15.2. The molecule has 0 saturated carbocycles. The van der Waals surface area contributed by atoms with Crippen LogP contribution in [-0.2, 0) is 21.4 Å². The fourth-order valence-corrected chi connectivity index (χ4v) is 4.96. The smallest absolute Gasteiger partial charge is 0.321 e. The third kappa shape index (κ3) is 7.38. The molecule has 0 aromatic heterocycles. The molecule has 3 rings (SSSR count). The lowest BCUT2D eigenvalue weighted by Gasteiger charge is -2.36. The van der Waals surface area contributed by atoms with Crippen molar-refractivity contribution in [3.8, 4) is 0 Å². The Labute approximate surface area is 195 Å². The molecular formula is C24H32N4O4S. The molecule has 0 radical (unpaired) electrons. The van der Waals surface area contributed by atoms with Crippen LogP contribution in [0.1, 0.15) is 30.9 Å². The van der Waals surface area contributed by atoms with Gasteiger partial charge < -0.3 is 5.32 Å². The first-order valence-corrected chi connectivity index (χ1v) is 12.7. The predicted molar refractivity (Wildman–Crippen MR) is 127 cm³/mol. The van der Waals surface area contributed by atoms with Gasteiger partial charge in [0.2, 0.25) is 15.9 Å². The van der Waals surface area contributed by atoms with Crippen molar-refractivity contribution in [2.45, 2.75) is 44.2 Å². The van der Waals surface area contributed by atoms with E-state index in [9.17, 15) is 18.0 Å². The molecule has 178 valence electrons. The fraction of sp³-hybridized carbons (Fsp3) is 0.417. The monoisotopic (exact) mass is 472 g/mol. The Kier molecular flexibility index (Phi) is 8.60. The minimum Gasteiger partial charge on any atom is -0.334 e. The molecule has 2 unspecified atom stereocenters. The van der Waals surface area contributed by atoms with Gasteiger partial charge in [0.05, 0.1) is 10.9 Å². The molecule has 0 bridgehead atoms. The van der Waals surface area contributed by atoms with E-state index in [1.807, 2.05) is 42.2 Å². The van der Waals surface area contributed by atoms with Gasteiger partial charge in [-0.1, -0.05) is 48.0 Å². The first-order chi connectivity index (χ1) is 15.7. The number of imide groups is 1. The maximum Gasteiger partial charge on any atom is 0.321 e. The van der Waals surface area contributed by atoms with Crippen molar-refractivity contribution in [2.75, 3.05) is 19.6 Å². The lowest BCUT2D eigenvalue weighted by Crippen LogP contribution is -2.52. The molecule has 2 atom stereocenters. The number of piperidine rings is 1. The molecule has 8 nitrogen and oxygen atoms in total. The van der Waals surface area contributed by atoms with Gasteiger partial charge in [0.1, 0.15) is 0 Å². The average molecular weight is 473 g/mol. The van der Waals surface area contributed by atoms with E-state index < -0.39 is 22.1 Å². The zero-order valence-electron chi connectivity index (χ0n) is 19.1. The van der Waals surface area contributed by atoms with E-state index in [1.54, 1.807) is 31.2 Å². The highest BCUT2D eigenvalue weighted by atomic mass is 32.2. The Hall–Kier alpha value is -2.75. The SMILES string of the molecule is Cc1ccc(S(=O)(=O)NCC2CCCN(C(C)C(=O)NC(=O)NCc3ccccc3)C2)cc1. The van der Waals surface area contributed by atoms with E-state index in [0.29, 0.717) is 19.6 Å². The average Bonchev–Trinajstić information content (AvgIpc) is 2.82. The van der Waals surface area contributed by atoms with Gasteiger partial charge in [0, 0.05) is 19.6 Å². The van der Waals surface area contributed by atoms with E-state index >= 15 is 0 Å². The van der Waals surface area contributed by atoms with Crippen LogP contribution < -0.4 is 15.4 Å². The summed E-state index contributed by atoms with van der Waals surface area (Å²) in [5, 5.41) is 5.09. The molecule has 33 heavy (non-hydrogen) atoms. The number of aryl methyl sites for hydroxylation is 1. The summed E-state index contributed by atoms with van der Waals surface area (Å²) in [6.45, 7) is 5.61. The summed E-state index contributed by atoms with van der Waals surface area (Å²) in [6.07, 6.45) is 1.73. The van der Waals surface area contributed by atoms with Gasteiger partial charge in [-0.3, -0.25) is 15.0 Å². The van der Waals surface area contributed by atoms with Gasteiger partial charge in [-0.15, -0.1) is 0 Å². The topological polar surface area (TPSA) is 108 Å². The predicted octanol–water partition coefficient (Wildman–Crippen LogP) is 2.40. The number of amides is 3. The Morgan fingerprint density at radius 2 is 1.79 bits per heavy atom. The van der Waals surface area contributed by atoms with Crippen LogP contribution in [0.25, 0.3) is 0 Å². The summed E-state index contributed by atoms with van der Waals surface area (Å²) in [7, 11) is -3.58. The van der Waals surface area contributed by atoms with Crippen LogP contribution in [0.4, 0.5) is 4.79 Å². The van der Waals surface area contributed by atoms with Gasteiger partial charge in [-0.05, 0) is 56.8 Å². The number of likely N-dealkylation sites (tertiary alicyclic amines) is 1. The zero-order valence-corrected chi connectivity index (χ0v) is 19.9. The molecule has 1 aliphatic rings. The van der Waals surface area contributed by atoms with Gasteiger partial charge in [-0.25, -0.2) is 17.9 Å². The number of carbonyl (C=O) groups excluding carboxylic acids is 2. The van der Waals surface area contributed by atoms with E-state index in [4.69, 9.17) is 0 Å². The first kappa shape index (κ1) is 24.9. The van der Waals surface area contributed by atoms with Crippen LogP contribution in [0.15, 0.2) is 59.5 Å². The molecule has 3 N–H and O–H groups in total. The standard InChI is InChI=1S/C24H32N4O4S/c1-18-10-12-22(13-11-18)33(31,32)26-16-21-9-6-14-28(17-21)19(2)23(29)27-24(30)25-15-20-7-4-3-5-8-20/h3-5,7-8,10-13,19,21,26H,6,9,14-17H2,1-2H3,(H2,25,27,29,30). The molecule has 3 amide bonds. The summed E-state index contributed by atoms with van der Waals surface area (Å²) in [4.78, 5) is 26.9. The molecule has 1 heterocycles. The highest BCUT2D eigenvalue weighted by molar-refractivity contribution is 7.89. The molecular weight excluding hydrogens is 440 g/mol. The number of urea groups is 1. The van der Waals surface area contributed by atoms with Crippen molar-refractivity contribution < 1.29 is 18.0 Å². The third-order valence-electron chi connectivity index (χ3n) is 5.90. The van der Waals surface area contributed by atoms with Crippen molar-refractivity contribution in [3.63, 3.8) is 0 Å². The summed E-state index contributed by atoms with van der Waals surface area (Å²) in [5.41, 5.74) is 1.94. The van der Waals surface area contributed by atoms with Crippen LogP contribution >= 0.6 is 0 Å². The minimum absolute atomic E-state index is 0.0844. The normalized spacial score (nSPS) is 17.8. The Morgan fingerprint density at radius 3 is 2.48 bits per heavy atom. The van der Waals surface area contributed by atoms with Crippen molar-refractivity contribution in [1.82, 2.24) is 20.3 Å². The number of benzene rings is 2. The van der Waals surface area contributed by atoms with Crippen molar-refractivity contribution in [3.05, 3.63) is 65.7 Å². The van der Waals surface area contributed by atoms with Crippen LogP contribution in [0.3, 0.4) is 0 Å². The quantitative estimate of drug-likeness (QED) is 0.547. The number of sulfonamides is 1. The first-order valence-electron chi connectivity index (χ1n) is 11.2. The summed E-state index contributed by atoms with van der Waals surface area (Å²) >= 11 is 0. The molecule has 9 heteroatoms.